The van der Waals surface area contributed by atoms with Crippen LogP contribution in [0.4, 0.5) is 8.78 Å². The second kappa shape index (κ2) is 8.65. The highest BCUT2D eigenvalue weighted by atomic mass is 19.1. The third kappa shape index (κ3) is 3.68. The average molecular weight is 466 g/mol. The third-order valence-electron chi connectivity index (χ3n) is 5.89. The van der Waals surface area contributed by atoms with Gasteiger partial charge in [-0.15, -0.1) is 0 Å². The predicted octanol–water partition coefficient (Wildman–Crippen LogP) is 3.89. The van der Waals surface area contributed by atoms with Gasteiger partial charge in [-0.2, -0.15) is 20.0 Å². The first-order chi connectivity index (χ1) is 16.5. The molecule has 2 aromatic heterocycles. The van der Waals surface area contributed by atoms with Crippen LogP contribution in [-0.4, -0.2) is 49.6 Å². The lowest BCUT2D eigenvalue weighted by atomic mass is 10.1. The van der Waals surface area contributed by atoms with Crippen LogP contribution in [0.5, 0.6) is 5.75 Å². The minimum absolute atomic E-state index is 0.0709. The molecule has 174 valence electrons. The maximum atomic E-state index is 14.5. The number of rotatable bonds is 5. The zero-order valence-corrected chi connectivity index (χ0v) is 18.4. The second-order valence-corrected chi connectivity index (χ2v) is 7.85. The molecule has 1 unspecified atom stereocenters. The molecular weight excluding hydrogens is 446 g/mol. The lowest BCUT2D eigenvalue weighted by molar-refractivity contribution is 0.0727. The minimum Gasteiger partial charge on any atom is -0.494 e. The van der Waals surface area contributed by atoms with Gasteiger partial charge in [0.05, 0.1) is 31.1 Å². The Morgan fingerprint density at radius 3 is 2.74 bits per heavy atom. The van der Waals surface area contributed by atoms with Gasteiger partial charge in [0.2, 0.25) is 0 Å². The molecule has 0 aliphatic carbocycles. The van der Waals surface area contributed by atoms with Crippen LogP contribution in [0.3, 0.4) is 0 Å². The molecule has 11 heteroatoms. The first-order valence-electron chi connectivity index (χ1n) is 10.6. The van der Waals surface area contributed by atoms with Crippen molar-refractivity contribution >= 4 is 5.91 Å². The molecule has 34 heavy (non-hydrogen) atoms. The van der Waals surface area contributed by atoms with E-state index in [1.807, 2.05) is 0 Å². The summed E-state index contributed by atoms with van der Waals surface area (Å²) < 4.78 is 38.9. The number of hydrogen-bond donors (Lipinski definition) is 0. The van der Waals surface area contributed by atoms with Gasteiger partial charge >= 0.3 is 0 Å². The molecule has 2 aromatic carbocycles. The number of nitrogens with zero attached hydrogens (tertiary/aromatic N) is 6. The Balaban J connectivity index is 1.50. The fraction of sp³-hybridized carbons (Fsp3) is 0.261. The summed E-state index contributed by atoms with van der Waals surface area (Å²) in [6, 6.07) is 6.66. The molecule has 3 heterocycles. The van der Waals surface area contributed by atoms with Crippen LogP contribution in [0.25, 0.3) is 17.1 Å². The van der Waals surface area contributed by atoms with Gasteiger partial charge in [-0.3, -0.25) is 4.79 Å². The SMILES string of the molecule is COc1cc(C(=O)N2CCCC2c2noc(-c3cccc(F)c3C)n2)c(-n2nccn2)cc1F. The van der Waals surface area contributed by atoms with Crippen LogP contribution < -0.4 is 4.74 Å². The summed E-state index contributed by atoms with van der Waals surface area (Å²) in [7, 11) is 1.33. The topological polar surface area (TPSA) is 99.2 Å². The van der Waals surface area contributed by atoms with Gasteiger partial charge in [-0.1, -0.05) is 11.2 Å². The number of likely N-dealkylation sites (tertiary alicyclic amines) is 1. The molecule has 0 radical (unpaired) electrons. The molecular formula is C23H20F2N6O3. The highest BCUT2D eigenvalue weighted by molar-refractivity contribution is 5.98. The molecule has 1 atom stereocenters. The van der Waals surface area contributed by atoms with Crippen LogP contribution in [0.15, 0.2) is 47.2 Å². The molecule has 1 amide bonds. The maximum Gasteiger partial charge on any atom is 0.258 e. The van der Waals surface area contributed by atoms with Crippen LogP contribution in [0.2, 0.25) is 0 Å². The van der Waals surface area contributed by atoms with Gasteiger partial charge in [0.15, 0.2) is 17.4 Å². The van der Waals surface area contributed by atoms with E-state index in [-0.39, 0.29) is 34.6 Å². The van der Waals surface area contributed by atoms with Gasteiger partial charge in [0.1, 0.15) is 11.5 Å². The lowest BCUT2D eigenvalue weighted by Crippen LogP contribution is -2.32. The Bertz CT molecular complexity index is 1360. The molecule has 0 N–H and O–H groups in total. The summed E-state index contributed by atoms with van der Waals surface area (Å²) >= 11 is 0. The number of halogens is 2. The molecule has 0 saturated carbocycles. The molecule has 0 bridgehead atoms. The van der Waals surface area contributed by atoms with Crippen molar-refractivity contribution < 1.29 is 22.8 Å². The molecule has 1 aliphatic heterocycles. The van der Waals surface area contributed by atoms with Crippen molar-refractivity contribution in [1.29, 1.82) is 0 Å². The number of carbonyl (C=O) groups is 1. The van der Waals surface area contributed by atoms with Crippen molar-refractivity contribution in [2.75, 3.05) is 13.7 Å². The Labute approximate surface area is 192 Å². The summed E-state index contributed by atoms with van der Waals surface area (Å²) in [5, 5.41) is 12.2. The monoisotopic (exact) mass is 466 g/mol. The normalized spacial score (nSPS) is 15.6. The molecule has 4 aromatic rings. The van der Waals surface area contributed by atoms with Gasteiger partial charge < -0.3 is 14.2 Å². The van der Waals surface area contributed by atoms with E-state index in [0.717, 1.165) is 6.07 Å². The number of carbonyl (C=O) groups excluding carboxylic acids is 1. The number of aromatic nitrogens is 5. The van der Waals surface area contributed by atoms with Crippen molar-refractivity contribution in [3.8, 4) is 22.9 Å². The van der Waals surface area contributed by atoms with E-state index in [2.05, 4.69) is 20.3 Å². The Hall–Kier alpha value is -4.15. The fourth-order valence-electron chi connectivity index (χ4n) is 4.13. The summed E-state index contributed by atoms with van der Waals surface area (Å²) in [6.45, 7) is 2.07. The Morgan fingerprint density at radius 2 is 1.97 bits per heavy atom. The zero-order valence-electron chi connectivity index (χ0n) is 18.4. The molecule has 1 aliphatic rings. The largest absolute Gasteiger partial charge is 0.494 e. The number of hydrogen-bond acceptors (Lipinski definition) is 7. The predicted molar refractivity (Wildman–Crippen MR) is 115 cm³/mol. The Morgan fingerprint density at radius 1 is 1.18 bits per heavy atom. The quantitative estimate of drug-likeness (QED) is 0.440. The summed E-state index contributed by atoms with van der Waals surface area (Å²) in [6.07, 6.45) is 4.20. The smallest absolute Gasteiger partial charge is 0.258 e. The van der Waals surface area contributed by atoms with E-state index < -0.39 is 11.9 Å². The van der Waals surface area contributed by atoms with Crippen molar-refractivity contribution in [2.45, 2.75) is 25.8 Å². The van der Waals surface area contributed by atoms with Gasteiger partial charge in [0.25, 0.3) is 11.8 Å². The number of amides is 1. The Kier molecular flexibility index (Phi) is 5.52. The first kappa shape index (κ1) is 21.7. The number of methoxy groups -OCH3 is 1. The first-order valence-corrected chi connectivity index (χ1v) is 10.6. The zero-order chi connectivity index (χ0) is 23.8. The van der Waals surface area contributed by atoms with Crippen molar-refractivity contribution in [3.05, 3.63) is 71.3 Å². The van der Waals surface area contributed by atoms with Crippen molar-refractivity contribution in [3.63, 3.8) is 0 Å². The van der Waals surface area contributed by atoms with Crippen LogP contribution in [0.1, 0.15) is 40.6 Å². The minimum atomic E-state index is -0.641. The van der Waals surface area contributed by atoms with E-state index in [4.69, 9.17) is 9.26 Å². The van der Waals surface area contributed by atoms with Gasteiger partial charge in [0, 0.05) is 18.2 Å². The van der Waals surface area contributed by atoms with Crippen LogP contribution in [0, 0.1) is 18.6 Å². The van der Waals surface area contributed by atoms with Crippen molar-refractivity contribution in [1.82, 2.24) is 30.0 Å². The van der Waals surface area contributed by atoms with E-state index >= 15 is 0 Å². The van der Waals surface area contributed by atoms with E-state index in [9.17, 15) is 13.6 Å². The number of ether oxygens (including phenoxy) is 1. The highest BCUT2D eigenvalue weighted by Gasteiger charge is 2.36. The summed E-state index contributed by atoms with van der Waals surface area (Å²) in [4.78, 5) is 20.9. The number of benzene rings is 2. The maximum absolute atomic E-state index is 14.5. The van der Waals surface area contributed by atoms with Crippen molar-refractivity contribution in [2.24, 2.45) is 0 Å². The molecule has 1 fully saturated rings. The molecule has 5 rings (SSSR count). The van der Waals surface area contributed by atoms with E-state index in [0.29, 0.717) is 36.3 Å². The summed E-state index contributed by atoms with van der Waals surface area (Å²) in [5.74, 6) is -0.967. The highest BCUT2D eigenvalue weighted by Crippen LogP contribution is 2.35. The molecule has 1 saturated heterocycles. The molecule has 0 spiro atoms. The van der Waals surface area contributed by atoms with E-state index in [1.165, 1.54) is 36.4 Å². The van der Waals surface area contributed by atoms with Crippen LogP contribution in [-0.2, 0) is 0 Å². The third-order valence-corrected chi connectivity index (χ3v) is 5.89. The second-order valence-electron chi connectivity index (χ2n) is 7.85. The molecule has 9 nitrogen and oxygen atoms in total. The van der Waals surface area contributed by atoms with E-state index in [1.54, 1.807) is 24.0 Å². The fourth-order valence-corrected chi connectivity index (χ4v) is 4.13. The standard InChI is InChI=1S/C23H20F2N6O3/c1-13-14(5-3-6-16(13)24)22-28-21(29-34-22)18-7-4-10-30(18)23(32)15-11-20(33-2)17(25)12-19(15)31-26-8-9-27-31/h3,5-6,8-9,11-12,18H,4,7,10H2,1-2H3. The van der Waals surface area contributed by atoms with Crippen LogP contribution >= 0.6 is 0 Å². The van der Waals surface area contributed by atoms with Gasteiger partial charge in [-0.25, -0.2) is 8.78 Å². The average Bonchev–Trinajstić information content (AvgIpc) is 3.61. The van der Waals surface area contributed by atoms with Gasteiger partial charge in [-0.05, 0) is 43.5 Å². The summed E-state index contributed by atoms with van der Waals surface area (Å²) in [5.41, 5.74) is 1.24. The lowest BCUT2D eigenvalue weighted by Gasteiger charge is -2.23.